The van der Waals surface area contributed by atoms with Crippen LogP contribution in [0.15, 0.2) is 35.6 Å². The Labute approximate surface area is 114 Å². The number of alkyl halides is 3. The number of nitrogens with one attached hydrogen (secondary N) is 1. The van der Waals surface area contributed by atoms with Crippen LogP contribution in [0.5, 0.6) is 0 Å². The Morgan fingerprint density at radius 3 is 2.60 bits per heavy atom. The molecule has 1 aromatic carbocycles. The zero-order valence-electron chi connectivity index (χ0n) is 10.8. The summed E-state index contributed by atoms with van der Waals surface area (Å²) in [6, 6.07) is 6.03. The summed E-state index contributed by atoms with van der Waals surface area (Å²) in [7, 11) is 0. The normalized spacial score (nSPS) is 20.1. The lowest BCUT2D eigenvalue weighted by Crippen LogP contribution is -2.35. The molecule has 0 fully saturated rings. The van der Waals surface area contributed by atoms with Crippen LogP contribution in [0, 0.1) is 0 Å². The quantitative estimate of drug-likeness (QED) is 0.649. The largest absolute Gasteiger partial charge is 0.504 e. The molecule has 20 heavy (non-hydrogen) atoms. The molecule has 0 unspecified atom stereocenters. The topological polar surface area (TPSA) is 49.3 Å². The third kappa shape index (κ3) is 2.70. The monoisotopic (exact) mass is 285 g/mol. The molecule has 0 aliphatic carbocycles. The Morgan fingerprint density at radius 1 is 1.35 bits per heavy atom. The highest BCUT2D eigenvalue weighted by Gasteiger charge is 2.41. The molecular formula is C14H14F3NO2. The molecular weight excluding hydrogens is 271 g/mol. The van der Waals surface area contributed by atoms with Crippen LogP contribution in [0.4, 0.5) is 13.2 Å². The van der Waals surface area contributed by atoms with E-state index in [-0.39, 0.29) is 0 Å². The minimum Gasteiger partial charge on any atom is -0.504 e. The first-order chi connectivity index (χ1) is 9.32. The van der Waals surface area contributed by atoms with Crippen LogP contribution in [0.2, 0.25) is 0 Å². The molecule has 108 valence electrons. The summed E-state index contributed by atoms with van der Waals surface area (Å²) in [6.07, 6.45) is -4.26. The number of ketones is 1. The standard InChI is InChI=1S/C14H14F3NO2/c1-8(19)11(13(20)14(15,16)17)12-10-5-3-2-4-9(10)6-7-18-12/h2-5,12,18,20H,6-7H2,1H3/t12-/m1/s1. The van der Waals surface area contributed by atoms with Gasteiger partial charge in [0.2, 0.25) is 5.76 Å². The summed E-state index contributed by atoms with van der Waals surface area (Å²) in [5.74, 6) is -2.62. The number of aliphatic hydroxyl groups is 1. The van der Waals surface area contributed by atoms with Gasteiger partial charge >= 0.3 is 6.18 Å². The second kappa shape index (κ2) is 5.28. The average Bonchev–Trinajstić information content (AvgIpc) is 2.37. The van der Waals surface area contributed by atoms with E-state index in [1.807, 2.05) is 6.07 Å². The van der Waals surface area contributed by atoms with E-state index < -0.39 is 29.3 Å². The predicted molar refractivity (Wildman–Crippen MR) is 67.3 cm³/mol. The summed E-state index contributed by atoms with van der Waals surface area (Å²) in [5, 5.41) is 12.3. The first-order valence-electron chi connectivity index (χ1n) is 6.15. The number of rotatable bonds is 2. The van der Waals surface area contributed by atoms with E-state index in [1.165, 1.54) is 0 Å². The molecule has 0 spiro atoms. The molecule has 3 nitrogen and oxygen atoms in total. The summed E-state index contributed by atoms with van der Waals surface area (Å²) in [6.45, 7) is 1.47. The van der Waals surface area contributed by atoms with Crippen LogP contribution in [0.1, 0.15) is 24.1 Å². The predicted octanol–water partition coefficient (Wildman–Crippen LogP) is 2.84. The maximum atomic E-state index is 12.7. The smallest absolute Gasteiger partial charge is 0.449 e. The minimum absolute atomic E-state index is 0.448. The third-order valence-corrected chi connectivity index (χ3v) is 3.30. The lowest BCUT2D eigenvalue weighted by atomic mass is 9.87. The molecule has 2 N–H and O–H groups in total. The highest BCUT2D eigenvalue weighted by atomic mass is 19.4. The summed E-state index contributed by atoms with van der Waals surface area (Å²) < 4.78 is 38.1. The summed E-state index contributed by atoms with van der Waals surface area (Å²) >= 11 is 0. The lowest BCUT2D eigenvalue weighted by Gasteiger charge is -2.28. The van der Waals surface area contributed by atoms with Crippen LogP contribution in [0.3, 0.4) is 0 Å². The van der Waals surface area contributed by atoms with E-state index in [0.29, 0.717) is 18.5 Å². The van der Waals surface area contributed by atoms with Crippen LogP contribution in [-0.4, -0.2) is 23.6 Å². The minimum atomic E-state index is -4.94. The Morgan fingerprint density at radius 2 is 2.00 bits per heavy atom. The van der Waals surface area contributed by atoms with Crippen LogP contribution in [0.25, 0.3) is 0 Å². The fourth-order valence-electron chi connectivity index (χ4n) is 2.42. The second-order valence-electron chi connectivity index (χ2n) is 4.65. The van der Waals surface area contributed by atoms with Gasteiger partial charge in [-0.1, -0.05) is 24.3 Å². The number of allylic oxidation sites excluding steroid dienone is 1. The maximum absolute atomic E-state index is 12.7. The van der Waals surface area contributed by atoms with Gasteiger partial charge < -0.3 is 10.4 Å². The number of aliphatic hydroxyl groups excluding tert-OH is 1. The van der Waals surface area contributed by atoms with Crippen molar-refractivity contribution in [1.82, 2.24) is 5.32 Å². The number of hydrogen-bond acceptors (Lipinski definition) is 3. The maximum Gasteiger partial charge on any atom is 0.449 e. The molecule has 1 atom stereocenters. The molecule has 0 bridgehead atoms. The highest BCUT2D eigenvalue weighted by molar-refractivity contribution is 5.95. The van der Waals surface area contributed by atoms with Crippen LogP contribution < -0.4 is 5.32 Å². The van der Waals surface area contributed by atoms with Crippen molar-refractivity contribution in [2.75, 3.05) is 6.54 Å². The molecule has 0 saturated heterocycles. The van der Waals surface area contributed by atoms with E-state index in [1.54, 1.807) is 18.2 Å². The highest BCUT2D eigenvalue weighted by Crippen LogP contribution is 2.35. The molecule has 2 rings (SSSR count). The fourth-order valence-corrected chi connectivity index (χ4v) is 2.42. The van der Waals surface area contributed by atoms with Crippen molar-refractivity contribution in [1.29, 1.82) is 0 Å². The number of benzene rings is 1. The van der Waals surface area contributed by atoms with Crippen LogP contribution in [-0.2, 0) is 11.2 Å². The van der Waals surface area contributed by atoms with Gasteiger partial charge in [0.1, 0.15) is 0 Å². The molecule has 0 saturated carbocycles. The Kier molecular flexibility index (Phi) is 3.85. The summed E-state index contributed by atoms with van der Waals surface area (Å²) in [5.41, 5.74) is 0.842. The average molecular weight is 285 g/mol. The van der Waals surface area contributed by atoms with Gasteiger partial charge in [-0.05, 0) is 24.5 Å². The zero-order chi connectivity index (χ0) is 14.9. The zero-order valence-corrected chi connectivity index (χ0v) is 10.8. The Hall–Kier alpha value is -1.82. The van der Waals surface area contributed by atoms with E-state index in [4.69, 9.17) is 0 Å². The third-order valence-electron chi connectivity index (χ3n) is 3.30. The number of halogens is 3. The van der Waals surface area contributed by atoms with Gasteiger partial charge in [-0.3, -0.25) is 4.79 Å². The van der Waals surface area contributed by atoms with Gasteiger partial charge in [-0.25, -0.2) is 0 Å². The molecule has 1 aromatic rings. The number of hydrogen-bond donors (Lipinski definition) is 2. The van der Waals surface area contributed by atoms with E-state index in [0.717, 1.165) is 12.5 Å². The van der Waals surface area contributed by atoms with Gasteiger partial charge in [0, 0.05) is 6.54 Å². The van der Waals surface area contributed by atoms with Crippen molar-refractivity contribution in [3.05, 3.63) is 46.7 Å². The lowest BCUT2D eigenvalue weighted by molar-refractivity contribution is -0.127. The van der Waals surface area contributed by atoms with Gasteiger partial charge in [-0.2, -0.15) is 13.2 Å². The molecule has 6 heteroatoms. The number of Topliss-reactive ketones (excluding diaryl/α,β-unsaturated/α-hetero) is 1. The van der Waals surface area contributed by atoms with Gasteiger partial charge in [-0.15, -0.1) is 0 Å². The van der Waals surface area contributed by atoms with E-state index >= 15 is 0 Å². The van der Waals surface area contributed by atoms with Gasteiger partial charge in [0.25, 0.3) is 0 Å². The van der Waals surface area contributed by atoms with Crippen molar-refractivity contribution in [2.45, 2.75) is 25.6 Å². The number of carbonyl (C=O) groups is 1. The van der Waals surface area contributed by atoms with Crippen molar-refractivity contribution in [2.24, 2.45) is 0 Å². The molecule has 1 aliphatic rings. The second-order valence-corrected chi connectivity index (χ2v) is 4.65. The number of fused-ring (bicyclic) bond motifs is 1. The molecule has 0 radical (unpaired) electrons. The molecule has 0 aromatic heterocycles. The number of carbonyl (C=O) groups excluding carboxylic acids is 1. The summed E-state index contributed by atoms with van der Waals surface area (Å²) in [4.78, 5) is 11.6. The van der Waals surface area contributed by atoms with Crippen molar-refractivity contribution >= 4 is 5.78 Å². The van der Waals surface area contributed by atoms with E-state index in [2.05, 4.69) is 5.32 Å². The molecule has 1 heterocycles. The van der Waals surface area contributed by atoms with Crippen molar-refractivity contribution < 1.29 is 23.1 Å². The fraction of sp³-hybridized carbons (Fsp3) is 0.357. The Bertz CT molecular complexity index is 564. The van der Waals surface area contributed by atoms with Gasteiger partial charge in [0.15, 0.2) is 5.78 Å². The Balaban J connectivity index is 2.56. The molecule has 1 aliphatic heterocycles. The van der Waals surface area contributed by atoms with Crippen LogP contribution >= 0.6 is 0 Å². The van der Waals surface area contributed by atoms with Gasteiger partial charge in [0.05, 0.1) is 11.6 Å². The van der Waals surface area contributed by atoms with Crippen molar-refractivity contribution in [3.8, 4) is 0 Å². The molecule has 0 amide bonds. The first-order valence-corrected chi connectivity index (χ1v) is 6.15. The van der Waals surface area contributed by atoms with E-state index in [9.17, 15) is 23.1 Å². The first kappa shape index (κ1) is 14.6. The SMILES string of the molecule is CC(=O)C(=C(O)C(F)(F)F)[C@@H]1NCCc2ccccc21. The van der Waals surface area contributed by atoms with Crippen molar-refractivity contribution in [3.63, 3.8) is 0 Å².